The van der Waals surface area contributed by atoms with E-state index >= 15 is 0 Å². The van der Waals surface area contributed by atoms with Crippen molar-refractivity contribution in [3.05, 3.63) is 0 Å². The van der Waals surface area contributed by atoms with E-state index in [9.17, 15) is 4.79 Å². The Morgan fingerprint density at radius 3 is 2.75 bits per heavy atom. The maximum absolute atomic E-state index is 11.9. The second-order valence-corrected chi connectivity index (χ2v) is 5.16. The minimum absolute atomic E-state index is 0.0376. The van der Waals surface area contributed by atoms with Gasteiger partial charge in [0, 0.05) is 13.2 Å². The average molecular weight is 226 g/mol. The Balaban J connectivity index is 1.74. The summed E-state index contributed by atoms with van der Waals surface area (Å²) in [6.07, 6.45) is 6.08. The van der Waals surface area contributed by atoms with Gasteiger partial charge in [-0.05, 0) is 31.6 Å². The predicted octanol–water partition coefficient (Wildman–Crippen LogP) is 0.801. The highest BCUT2D eigenvalue weighted by molar-refractivity contribution is 5.86. The molecule has 1 aliphatic heterocycles. The molecule has 2 rings (SSSR count). The third-order valence-electron chi connectivity index (χ3n) is 3.75. The molecule has 3 N–H and O–H groups in total. The van der Waals surface area contributed by atoms with E-state index in [1.165, 1.54) is 0 Å². The van der Waals surface area contributed by atoms with Crippen molar-refractivity contribution in [3.8, 4) is 0 Å². The number of rotatable bonds is 3. The first-order valence-electron chi connectivity index (χ1n) is 6.36. The van der Waals surface area contributed by atoms with E-state index in [4.69, 9.17) is 10.5 Å². The average Bonchev–Trinajstić information content (AvgIpc) is 2.76. The van der Waals surface area contributed by atoms with Gasteiger partial charge in [-0.1, -0.05) is 12.8 Å². The molecule has 16 heavy (non-hydrogen) atoms. The van der Waals surface area contributed by atoms with E-state index in [1.807, 2.05) is 0 Å². The zero-order chi connectivity index (χ0) is 11.4. The summed E-state index contributed by atoms with van der Waals surface area (Å²) in [4.78, 5) is 11.9. The largest absolute Gasteiger partial charge is 0.381 e. The molecule has 1 amide bonds. The topological polar surface area (TPSA) is 64.4 Å². The van der Waals surface area contributed by atoms with Crippen molar-refractivity contribution in [2.45, 2.75) is 44.1 Å². The molecule has 0 radical (unpaired) electrons. The maximum atomic E-state index is 11.9. The lowest BCUT2D eigenvalue weighted by Crippen LogP contribution is -2.53. The Morgan fingerprint density at radius 1 is 1.38 bits per heavy atom. The number of amides is 1. The van der Waals surface area contributed by atoms with Crippen LogP contribution in [-0.4, -0.2) is 31.2 Å². The number of carbonyl (C=O) groups excluding carboxylic acids is 1. The molecule has 4 nitrogen and oxygen atoms in total. The maximum Gasteiger partial charge on any atom is 0.240 e. The molecule has 1 heterocycles. The van der Waals surface area contributed by atoms with Gasteiger partial charge in [-0.15, -0.1) is 0 Å². The summed E-state index contributed by atoms with van der Waals surface area (Å²) in [6, 6.07) is 0. The fourth-order valence-electron chi connectivity index (χ4n) is 2.61. The summed E-state index contributed by atoms with van der Waals surface area (Å²) in [7, 11) is 0. The normalized spacial score (nSPS) is 28.9. The summed E-state index contributed by atoms with van der Waals surface area (Å²) >= 11 is 0. The van der Waals surface area contributed by atoms with Crippen LogP contribution in [0.5, 0.6) is 0 Å². The van der Waals surface area contributed by atoms with Gasteiger partial charge in [-0.25, -0.2) is 0 Å². The fourth-order valence-corrected chi connectivity index (χ4v) is 2.61. The Morgan fingerprint density at radius 2 is 2.12 bits per heavy atom. The number of hydrogen-bond acceptors (Lipinski definition) is 3. The van der Waals surface area contributed by atoms with Crippen molar-refractivity contribution in [1.29, 1.82) is 0 Å². The second kappa shape index (κ2) is 5.15. The summed E-state index contributed by atoms with van der Waals surface area (Å²) in [5.41, 5.74) is 5.49. The van der Waals surface area contributed by atoms with E-state index < -0.39 is 5.54 Å². The van der Waals surface area contributed by atoms with Crippen LogP contribution in [0.1, 0.15) is 38.5 Å². The molecule has 1 saturated heterocycles. The van der Waals surface area contributed by atoms with Gasteiger partial charge in [0.25, 0.3) is 0 Å². The summed E-state index contributed by atoms with van der Waals surface area (Å²) in [5, 5.41) is 2.99. The van der Waals surface area contributed by atoms with E-state index in [0.717, 1.165) is 58.3 Å². The van der Waals surface area contributed by atoms with Crippen molar-refractivity contribution in [3.63, 3.8) is 0 Å². The molecular formula is C12H22N2O2. The van der Waals surface area contributed by atoms with Gasteiger partial charge < -0.3 is 15.8 Å². The fraction of sp³-hybridized carbons (Fsp3) is 0.917. The van der Waals surface area contributed by atoms with E-state index in [0.29, 0.717) is 5.92 Å². The van der Waals surface area contributed by atoms with Crippen LogP contribution in [0.3, 0.4) is 0 Å². The molecule has 0 aromatic rings. The highest BCUT2D eigenvalue weighted by atomic mass is 16.5. The van der Waals surface area contributed by atoms with Gasteiger partial charge in [0.15, 0.2) is 0 Å². The molecular weight excluding hydrogens is 204 g/mol. The summed E-state index contributed by atoms with van der Waals surface area (Å²) < 4.78 is 5.38. The molecule has 1 unspecified atom stereocenters. The molecule has 1 saturated carbocycles. The highest BCUT2D eigenvalue weighted by Crippen LogP contribution is 2.27. The molecule has 4 heteroatoms. The molecule has 0 aromatic heterocycles. The molecule has 0 bridgehead atoms. The van der Waals surface area contributed by atoms with Crippen LogP contribution in [0, 0.1) is 5.92 Å². The zero-order valence-corrected chi connectivity index (χ0v) is 9.84. The number of carbonyl (C=O) groups is 1. The SMILES string of the molecule is NC1(C(=O)NCC2CCCOC2)CCCC1. The van der Waals surface area contributed by atoms with Crippen LogP contribution < -0.4 is 11.1 Å². The first-order valence-corrected chi connectivity index (χ1v) is 6.36. The molecule has 2 aliphatic rings. The van der Waals surface area contributed by atoms with Crippen LogP contribution in [0.25, 0.3) is 0 Å². The highest BCUT2D eigenvalue weighted by Gasteiger charge is 2.36. The quantitative estimate of drug-likeness (QED) is 0.748. The third-order valence-corrected chi connectivity index (χ3v) is 3.75. The minimum atomic E-state index is -0.588. The molecule has 2 fully saturated rings. The Bertz CT molecular complexity index is 243. The van der Waals surface area contributed by atoms with Crippen LogP contribution in [0.15, 0.2) is 0 Å². The van der Waals surface area contributed by atoms with Gasteiger partial charge in [-0.3, -0.25) is 4.79 Å². The van der Waals surface area contributed by atoms with Crippen molar-refractivity contribution in [2.24, 2.45) is 11.7 Å². The second-order valence-electron chi connectivity index (χ2n) is 5.16. The first kappa shape index (κ1) is 11.9. The smallest absolute Gasteiger partial charge is 0.240 e. The Kier molecular flexibility index (Phi) is 3.82. The molecule has 1 aliphatic carbocycles. The van der Waals surface area contributed by atoms with Crippen LogP contribution >= 0.6 is 0 Å². The molecule has 0 spiro atoms. The van der Waals surface area contributed by atoms with Crippen LogP contribution in [0.4, 0.5) is 0 Å². The monoisotopic (exact) mass is 226 g/mol. The van der Waals surface area contributed by atoms with Crippen molar-refractivity contribution >= 4 is 5.91 Å². The number of nitrogens with two attached hydrogens (primary N) is 1. The zero-order valence-electron chi connectivity index (χ0n) is 9.84. The van der Waals surface area contributed by atoms with Gasteiger partial charge >= 0.3 is 0 Å². The van der Waals surface area contributed by atoms with Gasteiger partial charge in [-0.2, -0.15) is 0 Å². The molecule has 0 aromatic carbocycles. The first-order chi connectivity index (χ1) is 7.71. The van der Waals surface area contributed by atoms with Crippen molar-refractivity contribution < 1.29 is 9.53 Å². The van der Waals surface area contributed by atoms with E-state index in [2.05, 4.69) is 5.32 Å². The third kappa shape index (κ3) is 2.74. The number of nitrogens with one attached hydrogen (secondary N) is 1. The molecule has 92 valence electrons. The predicted molar refractivity (Wildman–Crippen MR) is 61.9 cm³/mol. The van der Waals surface area contributed by atoms with E-state index in [1.54, 1.807) is 0 Å². The minimum Gasteiger partial charge on any atom is -0.381 e. The summed E-state index contributed by atoms with van der Waals surface area (Å²) in [6.45, 7) is 2.36. The van der Waals surface area contributed by atoms with Crippen molar-refractivity contribution in [2.75, 3.05) is 19.8 Å². The molecule has 1 atom stereocenters. The van der Waals surface area contributed by atoms with Gasteiger partial charge in [0.05, 0.1) is 12.1 Å². The lowest BCUT2D eigenvalue weighted by molar-refractivity contribution is -0.126. The lowest BCUT2D eigenvalue weighted by atomic mass is 9.97. The van der Waals surface area contributed by atoms with Crippen LogP contribution in [0.2, 0.25) is 0 Å². The summed E-state index contributed by atoms with van der Waals surface area (Å²) in [5.74, 6) is 0.512. The number of hydrogen-bond donors (Lipinski definition) is 2. The number of ether oxygens (including phenoxy) is 1. The standard InChI is InChI=1S/C12H22N2O2/c13-12(5-1-2-6-12)11(15)14-8-10-4-3-7-16-9-10/h10H,1-9,13H2,(H,14,15). The van der Waals surface area contributed by atoms with Crippen molar-refractivity contribution in [1.82, 2.24) is 5.32 Å². The van der Waals surface area contributed by atoms with E-state index in [-0.39, 0.29) is 5.91 Å². The van der Waals surface area contributed by atoms with Crippen LogP contribution in [-0.2, 0) is 9.53 Å². The Labute approximate surface area is 96.9 Å². The van der Waals surface area contributed by atoms with Gasteiger partial charge in [0.1, 0.15) is 0 Å². The lowest BCUT2D eigenvalue weighted by Gasteiger charge is -2.26. The van der Waals surface area contributed by atoms with Gasteiger partial charge in [0.2, 0.25) is 5.91 Å². The Hall–Kier alpha value is -0.610.